The molecule has 12 heteroatoms. The van der Waals surface area contributed by atoms with E-state index in [4.69, 9.17) is 19.5 Å². The minimum Gasteiger partial charge on any atom is -1.00 e. The van der Waals surface area contributed by atoms with Crippen molar-refractivity contribution in [1.82, 2.24) is 0 Å². The van der Waals surface area contributed by atoms with E-state index < -0.39 is 5.97 Å². The van der Waals surface area contributed by atoms with E-state index in [0.29, 0.717) is 23.9 Å². The van der Waals surface area contributed by atoms with Gasteiger partial charge in [0, 0.05) is 17.2 Å². The Hall–Kier alpha value is -1.09. The second-order valence-electron chi connectivity index (χ2n) is 21.4. The SMILES string of the molecule is CC/C(C)=C/[C@@H](CC(=O)O)c1ccc(OCc2ccc3c(c2)C(C)(C)CCC3(C)C)cc1.CC/C(C)=C/[C@@H](CC(=O)OC)c1ccc(O)cc1.CC1(C)CCC(C)(C)c2cc(CBr)ccc21.O=CO[O-].[Cs+].[Cs+].[H-]. The molecular formula is C60H81BrCs2O9. The van der Waals surface area contributed by atoms with Gasteiger partial charge in [-0.05, 0) is 143 Å². The van der Waals surface area contributed by atoms with E-state index in [2.05, 4.69) is 139 Å². The summed E-state index contributed by atoms with van der Waals surface area (Å²) in [4.78, 5) is 34.0. The Kier molecular flexibility index (Phi) is 31.2. The van der Waals surface area contributed by atoms with Crippen molar-refractivity contribution in [1.29, 1.82) is 0 Å². The van der Waals surface area contributed by atoms with Gasteiger partial charge in [0.25, 0.3) is 6.47 Å². The Morgan fingerprint density at radius 2 is 1.06 bits per heavy atom. The van der Waals surface area contributed by atoms with Crippen LogP contribution in [0.5, 0.6) is 11.5 Å². The molecule has 0 fully saturated rings. The fourth-order valence-electron chi connectivity index (χ4n) is 9.06. The largest absolute Gasteiger partial charge is 1.00 e. The second-order valence-corrected chi connectivity index (χ2v) is 22.0. The molecule has 9 nitrogen and oxygen atoms in total. The van der Waals surface area contributed by atoms with Crippen LogP contribution in [0.25, 0.3) is 0 Å². The van der Waals surface area contributed by atoms with Crippen LogP contribution >= 0.6 is 15.9 Å². The molecule has 0 aromatic heterocycles. The predicted molar refractivity (Wildman–Crippen MR) is 286 cm³/mol. The summed E-state index contributed by atoms with van der Waals surface area (Å²) >= 11 is 3.55. The first-order valence-corrected chi connectivity index (χ1v) is 25.7. The zero-order valence-corrected chi connectivity index (χ0v) is 60.3. The molecule has 2 aliphatic carbocycles. The Morgan fingerprint density at radius 3 is 1.44 bits per heavy atom. The van der Waals surface area contributed by atoms with Crippen molar-refractivity contribution in [2.45, 2.75) is 180 Å². The Balaban J connectivity index is 0.00000108. The number of fused-ring (bicyclic) bond motifs is 2. The number of alkyl halides is 1. The number of aliphatic carboxylic acids is 1. The Morgan fingerprint density at radius 1 is 0.667 bits per heavy atom. The van der Waals surface area contributed by atoms with Crippen molar-refractivity contribution >= 4 is 34.3 Å². The van der Waals surface area contributed by atoms with Crippen molar-refractivity contribution < 1.29 is 183 Å². The molecule has 2 atom stereocenters. The molecular weight excluding hydrogens is 1210 g/mol. The van der Waals surface area contributed by atoms with Crippen molar-refractivity contribution in [3.8, 4) is 11.5 Å². The first-order chi connectivity index (χ1) is 32.9. The quantitative estimate of drug-likeness (QED) is 0.0300. The number of carboxylic acid groups (broad SMARTS) is 1. The molecule has 0 bridgehead atoms. The van der Waals surface area contributed by atoms with Crippen LogP contribution in [0.4, 0.5) is 0 Å². The smallest absolute Gasteiger partial charge is 1.00 e. The standard InChI is InChI=1S/C29H38O3.C15H21Br.C15H20O3.CH2O3.2Cs.H/c1-7-20(2)16-23(18-27(30)31)22-9-11-24(12-10-22)32-19-21-8-13-25-26(17-21)29(5,6)15-14-28(25,3)4;1-14(2)7-8-15(3,4)13-9-11(10-16)5-6-12(13)14;1-4-11(2)9-13(10-15(17)18-3)12-5-7-14(16)8-6-12;2-1-4-3;;;/h8-13,16-17,23H,7,14-15,18-19H2,1-6H3,(H,30,31);5-6,9H,7-8,10H2,1-4H3;5-9,13,16H,4,10H2,1-3H3;1,3H;;;/q;;;;2*+1;-1/p-1/b20-16+;;11-9+;;;;/t23-;;13-;;;;/m0.0..../s1. The number of allylic oxidation sites excluding steroid dienone is 4. The van der Waals surface area contributed by atoms with Crippen LogP contribution < -0.4 is 148 Å². The van der Waals surface area contributed by atoms with Crippen LogP contribution in [0, 0.1) is 0 Å². The van der Waals surface area contributed by atoms with Gasteiger partial charge in [0.1, 0.15) is 18.1 Å². The van der Waals surface area contributed by atoms with Crippen LogP contribution in [-0.4, -0.2) is 35.7 Å². The first-order valence-electron chi connectivity index (χ1n) is 24.6. The number of carbonyl (C=O) groups is 3. The van der Waals surface area contributed by atoms with Crippen molar-refractivity contribution in [3.63, 3.8) is 0 Å². The maximum absolute atomic E-state index is 11.4. The van der Waals surface area contributed by atoms with E-state index in [1.165, 1.54) is 66.2 Å². The van der Waals surface area contributed by atoms with Crippen LogP contribution in [0.15, 0.2) is 108 Å². The van der Waals surface area contributed by atoms with Gasteiger partial charge in [-0.1, -0.05) is 169 Å². The summed E-state index contributed by atoms with van der Waals surface area (Å²) in [6, 6.07) is 28.6. The van der Waals surface area contributed by atoms with E-state index >= 15 is 0 Å². The number of carboxylic acids is 1. The molecule has 0 aliphatic heterocycles. The molecule has 4 aromatic rings. The number of phenols is 1. The summed E-state index contributed by atoms with van der Waals surface area (Å²) in [7, 11) is 1.40. The molecule has 384 valence electrons. The molecule has 0 spiro atoms. The molecule has 6 rings (SSSR count). The van der Waals surface area contributed by atoms with Crippen LogP contribution in [0.3, 0.4) is 0 Å². The molecule has 0 radical (unpaired) electrons. The molecule has 0 saturated heterocycles. The zero-order valence-electron chi connectivity index (χ0n) is 47.2. The van der Waals surface area contributed by atoms with Gasteiger partial charge >= 0.3 is 150 Å². The van der Waals surface area contributed by atoms with Crippen molar-refractivity contribution in [2.75, 3.05) is 7.11 Å². The van der Waals surface area contributed by atoms with E-state index in [-0.39, 0.29) is 186 Å². The zero-order chi connectivity index (χ0) is 52.5. The molecule has 72 heavy (non-hydrogen) atoms. The van der Waals surface area contributed by atoms with E-state index in [9.17, 15) is 19.8 Å². The first kappa shape index (κ1) is 68.9. The van der Waals surface area contributed by atoms with Gasteiger partial charge in [0.2, 0.25) is 0 Å². The molecule has 0 heterocycles. The fraction of sp³-hybridized carbons (Fsp3) is 0.483. The van der Waals surface area contributed by atoms with Crippen LogP contribution in [0.2, 0.25) is 0 Å². The topological polar surface area (TPSA) is 142 Å². The predicted octanol–water partition coefficient (Wildman–Crippen LogP) is 8.41. The number of methoxy groups -OCH3 is 1. The second kappa shape index (κ2) is 32.6. The molecule has 0 saturated carbocycles. The minimum atomic E-state index is -0.783. The number of phenolic OH excluding ortho intramolecular Hbond substituents is 1. The number of ether oxygens (including phenoxy) is 2. The molecule has 2 aliphatic rings. The number of hydrogen-bond donors (Lipinski definition) is 2. The summed E-state index contributed by atoms with van der Waals surface area (Å²) in [5.74, 6) is -0.101. The van der Waals surface area contributed by atoms with E-state index in [0.717, 1.165) is 35.0 Å². The Bertz CT molecular complexity index is 2390. The van der Waals surface area contributed by atoms with Gasteiger partial charge in [-0.15, -0.1) is 0 Å². The number of rotatable bonds is 15. The third-order valence-corrected chi connectivity index (χ3v) is 14.8. The summed E-state index contributed by atoms with van der Waals surface area (Å²) in [5, 5.41) is 28.0. The summed E-state index contributed by atoms with van der Waals surface area (Å²) in [6.45, 7) is 27.5. The maximum atomic E-state index is 11.4. The Labute approximate surface area is 559 Å². The number of hydrogen-bond acceptors (Lipinski definition) is 8. The minimum absolute atomic E-state index is 0. The molecule has 0 amide bonds. The number of aromatic hydroxyl groups is 1. The van der Waals surface area contributed by atoms with Gasteiger partial charge in [-0.3, -0.25) is 14.4 Å². The summed E-state index contributed by atoms with van der Waals surface area (Å²) < 4.78 is 10.8. The van der Waals surface area contributed by atoms with Gasteiger partial charge in [0.15, 0.2) is 0 Å². The van der Waals surface area contributed by atoms with Crippen molar-refractivity contribution in [2.24, 2.45) is 0 Å². The van der Waals surface area contributed by atoms with E-state index in [1.54, 1.807) is 23.3 Å². The third-order valence-electron chi connectivity index (χ3n) is 14.2. The van der Waals surface area contributed by atoms with Gasteiger partial charge in [-0.2, -0.15) is 0 Å². The van der Waals surface area contributed by atoms with Crippen molar-refractivity contribution in [3.05, 3.63) is 153 Å². The van der Waals surface area contributed by atoms with Gasteiger partial charge in [-0.25, -0.2) is 0 Å². The van der Waals surface area contributed by atoms with Crippen LogP contribution in [-0.2, 0) is 57.6 Å². The van der Waals surface area contributed by atoms with Gasteiger partial charge < -0.3 is 31.3 Å². The fourth-order valence-corrected chi connectivity index (χ4v) is 9.41. The third kappa shape index (κ3) is 21.7. The molecule has 4 aromatic carbocycles. The monoisotopic (exact) mass is 1290 g/mol. The van der Waals surface area contributed by atoms with E-state index in [1.807, 2.05) is 50.2 Å². The van der Waals surface area contributed by atoms with Crippen LogP contribution in [0.1, 0.15) is 192 Å². The number of esters is 1. The normalized spacial score (nSPS) is 16.4. The number of halogens is 1. The van der Waals surface area contributed by atoms with Gasteiger partial charge in [0.05, 0.1) is 20.0 Å². The number of carbonyl (C=O) groups excluding carboxylic acids is 2. The molecule has 0 unspecified atom stereocenters. The summed E-state index contributed by atoms with van der Waals surface area (Å²) in [5.41, 5.74) is 14.1. The molecule has 2 N–H and O–H groups in total. The average molecular weight is 1290 g/mol. The summed E-state index contributed by atoms with van der Waals surface area (Å²) in [6.07, 6.45) is 11.4. The average Bonchev–Trinajstić information content (AvgIpc) is 3.33. The number of benzene rings is 4. The maximum Gasteiger partial charge on any atom is 1.00 e.